The monoisotopic (exact) mass is 180 g/mol. The van der Waals surface area contributed by atoms with E-state index in [0.29, 0.717) is 19.0 Å². The lowest BCUT2D eigenvalue weighted by Gasteiger charge is -2.31. The first-order valence-corrected chi connectivity index (χ1v) is 4.59. The molecular weight excluding hydrogens is 168 g/mol. The van der Waals surface area contributed by atoms with Crippen LogP contribution in [0.15, 0.2) is 0 Å². The molecule has 2 fully saturated rings. The largest absolute Gasteiger partial charge is 0.365 e. The highest BCUT2D eigenvalue weighted by molar-refractivity contribution is 5.78. The number of hydrogen-bond donors (Lipinski definition) is 0. The summed E-state index contributed by atoms with van der Waals surface area (Å²) in [6.07, 6.45) is 2.55. The maximum atomic E-state index is 11.3. The van der Waals surface area contributed by atoms with Crippen molar-refractivity contribution in [2.24, 2.45) is 0 Å². The fourth-order valence-electron chi connectivity index (χ4n) is 1.61. The highest BCUT2D eigenvalue weighted by Crippen LogP contribution is 2.29. The van der Waals surface area contributed by atoms with Crippen molar-refractivity contribution in [1.29, 1.82) is 5.26 Å². The van der Waals surface area contributed by atoms with E-state index >= 15 is 0 Å². The van der Waals surface area contributed by atoms with E-state index in [4.69, 9.17) is 10.00 Å². The van der Waals surface area contributed by atoms with Crippen molar-refractivity contribution in [1.82, 2.24) is 4.90 Å². The van der Waals surface area contributed by atoms with Crippen molar-refractivity contribution in [2.75, 3.05) is 13.2 Å². The molecule has 1 amide bonds. The minimum absolute atomic E-state index is 0.0664. The molecule has 0 aromatic rings. The Hall–Kier alpha value is -1.08. The average Bonchev–Trinajstić information content (AvgIpc) is 2.92. The van der Waals surface area contributed by atoms with Crippen LogP contribution in [0.2, 0.25) is 0 Å². The van der Waals surface area contributed by atoms with Crippen LogP contribution in [0.25, 0.3) is 0 Å². The van der Waals surface area contributed by atoms with E-state index in [0.717, 1.165) is 12.8 Å². The Labute approximate surface area is 77.1 Å². The Balaban J connectivity index is 1.93. The molecule has 1 aliphatic carbocycles. The molecule has 1 saturated carbocycles. The normalized spacial score (nSPS) is 28.7. The van der Waals surface area contributed by atoms with Gasteiger partial charge in [0.1, 0.15) is 6.61 Å². The number of amides is 1. The summed E-state index contributed by atoms with van der Waals surface area (Å²) in [5.41, 5.74) is 0. The van der Waals surface area contributed by atoms with E-state index in [1.54, 1.807) is 0 Å². The summed E-state index contributed by atoms with van der Waals surface area (Å²) in [5.74, 6) is 0.0803. The minimum Gasteiger partial charge on any atom is -0.365 e. The first-order chi connectivity index (χ1) is 6.31. The first kappa shape index (κ1) is 8.52. The Bertz CT molecular complexity index is 255. The van der Waals surface area contributed by atoms with Crippen molar-refractivity contribution in [3.05, 3.63) is 0 Å². The first-order valence-electron chi connectivity index (χ1n) is 4.59. The van der Waals surface area contributed by atoms with E-state index in [1.165, 1.54) is 0 Å². The number of carbonyl (C=O) groups excluding carboxylic acids is 1. The van der Waals surface area contributed by atoms with Crippen LogP contribution in [0.5, 0.6) is 0 Å². The van der Waals surface area contributed by atoms with E-state index < -0.39 is 0 Å². The van der Waals surface area contributed by atoms with Gasteiger partial charge in [0.25, 0.3) is 0 Å². The Morgan fingerprint density at radius 2 is 2.38 bits per heavy atom. The van der Waals surface area contributed by atoms with Crippen molar-refractivity contribution < 1.29 is 9.53 Å². The van der Waals surface area contributed by atoms with Crippen LogP contribution in [0.3, 0.4) is 0 Å². The van der Waals surface area contributed by atoms with Gasteiger partial charge in [-0.1, -0.05) is 0 Å². The average molecular weight is 180 g/mol. The second kappa shape index (κ2) is 3.35. The third-order valence-corrected chi connectivity index (χ3v) is 2.47. The van der Waals surface area contributed by atoms with Crippen LogP contribution < -0.4 is 0 Å². The number of rotatable bonds is 2. The highest BCUT2D eigenvalue weighted by atomic mass is 16.5. The second-order valence-corrected chi connectivity index (χ2v) is 3.57. The van der Waals surface area contributed by atoms with Crippen molar-refractivity contribution in [3.8, 4) is 6.07 Å². The molecule has 1 aliphatic heterocycles. The number of ether oxygens (including phenoxy) is 1. The van der Waals surface area contributed by atoms with Crippen molar-refractivity contribution >= 4 is 5.91 Å². The minimum atomic E-state index is -0.0664. The molecule has 0 radical (unpaired) electrons. The molecule has 0 N–H and O–H groups in total. The Morgan fingerprint density at radius 3 is 3.00 bits per heavy atom. The maximum absolute atomic E-state index is 11.3. The summed E-state index contributed by atoms with van der Waals surface area (Å²) in [7, 11) is 0. The molecule has 1 unspecified atom stereocenters. The van der Waals surface area contributed by atoms with Crippen LogP contribution >= 0.6 is 0 Å². The van der Waals surface area contributed by atoms with Gasteiger partial charge in [-0.2, -0.15) is 5.26 Å². The van der Waals surface area contributed by atoms with E-state index in [1.807, 2.05) is 4.90 Å². The summed E-state index contributed by atoms with van der Waals surface area (Å²) in [6.45, 7) is 0.764. The summed E-state index contributed by atoms with van der Waals surface area (Å²) in [4.78, 5) is 13.2. The van der Waals surface area contributed by atoms with E-state index in [9.17, 15) is 4.79 Å². The molecular formula is C9H12N2O2. The van der Waals surface area contributed by atoms with Gasteiger partial charge in [-0.15, -0.1) is 0 Å². The quantitative estimate of drug-likeness (QED) is 0.613. The number of nitrogens with zero attached hydrogens (tertiary/aromatic N) is 2. The standard InChI is InChI=1S/C9H12N2O2/c10-4-3-8-5-11(7-1-2-7)9(12)6-13-8/h7-8H,1-3,5-6H2. The second-order valence-electron chi connectivity index (χ2n) is 3.57. The zero-order valence-electron chi connectivity index (χ0n) is 7.40. The summed E-state index contributed by atoms with van der Waals surface area (Å²) in [5, 5.41) is 8.49. The zero-order chi connectivity index (χ0) is 9.26. The summed E-state index contributed by atoms with van der Waals surface area (Å²) < 4.78 is 5.23. The topological polar surface area (TPSA) is 53.3 Å². The summed E-state index contributed by atoms with van der Waals surface area (Å²) >= 11 is 0. The predicted octanol–water partition coefficient (Wildman–Crippen LogP) is 0.290. The van der Waals surface area contributed by atoms with Gasteiger partial charge in [0.15, 0.2) is 0 Å². The molecule has 0 bridgehead atoms. The number of nitriles is 1. The molecule has 0 spiro atoms. The van der Waals surface area contributed by atoms with E-state index in [-0.39, 0.29) is 18.6 Å². The molecule has 4 nitrogen and oxygen atoms in total. The molecule has 2 aliphatic rings. The third-order valence-electron chi connectivity index (χ3n) is 2.47. The Kier molecular flexibility index (Phi) is 2.19. The third kappa shape index (κ3) is 1.81. The molecule has 4 heteroatoms. The lowest BCUT2D eigenvalue weighted by atomic mass is 10.2. The van der Waals surface area contributed by atoms with Crippen molar-refractivity contribution in [2.45, 2.75) is 31.4 Å². The van der Waals surface area contributed by atoms with Gasteiger partial charge < -0.3 is 9.64 Å². The fourth-order valence-corrected chi connectivity index (χ4v) is 1.61. The highest BCUT2D eigenvalue weighted by Gasteiger charge is 2.36. The number of carbonyl (C=O) groups is 1. The maximum Gasteiger partial charge on any atom is 0.248 e. The summed E-state index contributed by atoms with van der Waals surface area (Å²) in [6, 6.07) is 2.51. The molecule has 13 heavy (non-hydrogen) atoms. The molecule has 70 valence electrons. The van der Waals surface area contributed by atoms with Crippen LogP contribution in [0, 0.1) is 11.3 Å². The smallest absolute Gasteiger partial charge is 0.248 e. The molecule has 2 rings (SSSR count). The fraction of sp³-hybridized carbons (Fsp3) is 0.778. The van der Waals surface area contributed by atoms with Crippen LogP contribution in [0.4, 0.5) is 0 Å². The van der Waals surface area contributed by atoms with Gasteiger partial charge in [0.05, 0.1) is 18.6 Å². The molecule has 1 heterocycles. The lowest BCUT2D eigenvalue weighted by Crippen LogP contribution is -2.47. The number of hydrogen-bond acceptors (Lipinski definition) is 3. The Morgan fingerprint density at radius 1 is 1.62 bits per heavy atom. The zero-order valence-corrected chi connectivity index (χ0v) is 7.40. The van der Waals surface area contributed by atoms with Crippen molar-refractivity contribution in [3.63, 3.8) is 0 Å². The van der Waals surface area contributed by atoms with Crippen LogP contribution in [0.1, 0.15) is 19.3 Å². The van der Waals surface area contributed by atoms with Gasteiger partial charge in [-0.25, -0.2) is 0 Å². The molecule has 1 saturated heterocycles. The van der Waals surface area contributed by atoms with Gasteiger partial charge in [-0.05, 0) is 12.8 Å². The molecule has 0 aromatic heterocycles. The predicted molar refractivity (Wildman–Crippen MR) is 44.7 cm³/mol. The SMILES string of the molecule is N#CCC1CN(C2CC2)C(=O)CO1. The van der Waals surface area contributed by atoms with Gasteiger partial charge in [-0.3, -0.25) is 4.79 Å². The van der Waals surface area contributed by atoms with Crippen LogP contribution in [-0.2, 0) is 9.53 Å². The molecule has 0 aromatic carbocycles. The van der Waals surface area contributed by atoms with Gasteiger partial charge in [0, 0.05) is 12.6 Å². The van der Waals surface area contributed by atoms with Gasteiger partial charge >= 0.3 is 0 Å². The van der Waals surface area contributed by atoms with Gasteiger partial charge in [0.2, 0.25) is 5.91 Å². The van der Waals surface area contributed by atoms with E-state index in [2.05, 4.69) is 6.07 Å². The van der Waals surface area contributed by atoms with Crippen LogP contribution in [-0.4, -0.2) is 36.1 Å². The number of morpholine rings is 1. The lowest BCUT2D eigenvalue weighted by molar-refractivity contribution is -0.149. The molecule has 1 atom stereocenters.